The number of aliphatic hydroxyl groups excluding tert-OH is 1. The van der Waals surface area contributed by atoms with Gasteiger partial charge in [-0.1, -0.05) is 0 Å². The normalized spacial score (nSPS) is 33.2. The highest BCUT2D eigenvalue weighted by Crippen LogP contribution is 2.11. The Bertz CT molecular complexity index is 140. The minimum Gasteiger partial charge on any atom is -0.393 e. The van der Waals surface area contributed by atoms with Gasteiger partial charge < -0.3 is 9.84 Å². The molecule has 1 aliphatic heterocycles. The molecule has 0 radical (unpaired) electrons. The maximum Gasteiger partial charge on any atom is 0.0678 e. The monoisotopic (exact) mass is 187 g/mol. The van der Waals surface area contributed by atoms with Crippen molar-refractivity contribution in [3.8, 4) is 0 Å². The lowest BCUT2D eigenvalue weighted by Gasteiger charge is -2.35. The summed E-state index contributed by atoms with van der Waals surface area (Å²) in [5, 5.41) is 9.16. The van der Waals surface area contributed by atoms with Crippen LogP contribution in [0.3, 0.4) is 0 Å². The van der Waals surface area contributed by atoms with E-state index in [1.165, 1.54) is 0 Å². The van der Waals surface area contributed by atoms with E-state index in [1.807, 2.05) is 6.92 Å². The third-order valence-electron chi connectivity index (χ3n) is 2.36. The van der Waals surface area contributed by atoms with E-state index < -0.39 is 0 Å². The molecule has 0 spiro atoms. The molecule has 0 aromatic carbocycles. The Kier molecular flexibility index (Phi) is 4.16. The van der Waals surface area contributed by atoms with Crippen LogP contribution in [0, 0.1) is 0 Å². The third kappa shape index (κ3) is 4.07. The first-order chi connectivity index (χ1) is 6.08. The quantitative estimate of drug-likeness (QED) is 0.711. The summed E-state index contributed by atoms with van der Waals surface area (Å²) in [6, 6.07) is 0. The van der Waals surface area contributed by atoms with Crippen LogP contribution in [-0.2, 0) is 4.74 Å². The number of nitrogens with zero attached hydrogens (tertiary/aromatic N) is 1. The minimum absolute atomic E-state index is 0.187. The second kappa shape index (κ2) is 4.94. The lowest BCUT2D eigenvalue weighted by atomic mass is 10.2. The highest BCUT2D eigenvalue weighted by Gasteiger charge is 2.21. The Balaban J connectivity index is 2.25. The van der Waals surface area contributed by atoms with Gasteiger partial charge in [-0.3, -0.25) is 4.90 Å². The fourth-order valence-electron chi connectivity index (χ4n) is 1.84. The molecule has 3 atom stereocenters. The Morgan fingerprint density at radius 1 is 1.38 bits per heavy atom. The van der Waals surface area contributed by atoms with Gasteiger partial charge in [0.2, 0.25) is 0 Å². The summed E-state index contributed by atoms with van der Waals surface area (Å²) in [6.45, 7) is 9.02. The van der Waals surface area contributed by atoms with Gasteiger partial charge >= 0.3 is 0 Å². The maximum absolute atomic E-state index is 9.16. The number of hydrogen-bond donors (Lipinski definition) is 1. The van der Waals surface area contributed by atoms with Gasteiger partial charge in [-0.25, -0.2) is 0 Å². The van der Waals surface area contributed by atoms with Crippen molar-refractivity contribution in [1.29, 1.82) is 0 Å². The van der Waals surface area contributed by atoms with E-state index in [-0.39, 0.29) is 6.10 Å². The third-order valence-corrected chi connectivity index (χ3v) is 2.36. The first-order valence-corrected chi connectivity index (χ1v) is 5.14. The van der Waals surface area contributed by atoms with Crippen molar-refractivity contribution in [1.82, 2.24) is 4.90 Å². The molecule has 0 aliphatic carbocycles. The van der Waals surface area contributed by atoms with Crippen LogP contribution in [-0.4, -0.2) is 48.0 Å². The Labute approximate surface area is 80.7 Å². The number of aliphatic hydroxyl groups is 1. The summed E-state index contributed by atoms with van der Waals surface area (Å²) in [4.78, 5) is 2.37. The molecule has 1 saturated heterocycles. The molecule has 0 amide bonds. The molecule has 13 heavy (non-hydrogen) atoms. The van der Waals surface area contributed by atoms with Crippen LogP contribution in [0.4, 0.5) is 0 Å². The maximum atomic E-state index is 9.16. The van der Waals surface area contributed by atoms with Crippen molar-refractivity contribution in [3.63, 3.8) is 0 Å². The van der Waals surface area contributed by atoms with E-state index in [1.54, 1.807) is 0 Å². The van der Waals surface area contributed by atoms with Crippen molar-refractivity contribution in [2.75, 3.05) is 19.6 Å². The molecule has 1 rings (SSSR count). The standard InChI is InChI=1S/C10H21NO2/c1-8(12)4-5-11-6-9(2)13-10(3)7-11/h8-10,12H,4-7H2,1-3H3/t8?,9-,10+. The summed E-state index contributed by atoms with van der Waals surface area (Å²) in [5.41, 5.74) is 0. The highest BCUT2D eigenvalue weighted by atomic mass is 16.5. The molecule has 0 bridgehead atoms. The van der Waals surface area contributed by atoms with Gasteiger partial charge in [0.15, 0.2) is 0 Å². The molecule has 3 heteroatoms. The average Bonchev–Trinajstić information content (AvgIpc) is 1.99. The summed E-state index contributed by atoms with van der Waals surface area (Å²) < 4.78 is 5.62. The summed E-state index contributed by atoms with van der Waals surface area (Å²) in [7, 11) is 0. The van der Waals surface area contributed by atoms with E-state index in [0.29, 0.717) is 12.2 Å². The van der Waals surface area contributed by atoms with E-state index in [9.17, 15) is 0 Å². The van der Waals surface area contributed by atoms with Crippen molar-refractivity contribution >= 4 is 0 Å². The van der Waals surface area contributed by atoms with Gasteiger partial charge in [-0.2, -0.15) is 0 Å². The molecule has 1 aliphatic rings. The Morgan fingerprint density at radius 2 is 1.92 bits per heavy atom. The second-order valence-corrected chi connectivity index (χ2v) is 4.15. The summed E-state index contributed by atoms with van der Waals surface area (Å²) in [6.07, 6.45) is 1.34. The number of rotatable bonds is 3. The zero-order valence-corrected chi connectivity index (χ0v) is 8.86. The first-order valence-electron chi connectivity index (χ1n) is 5.14. The predicted octanol–water partition coefficient (Wildman–Crippen LogP) is 0.866. The highest BCUT2D eigenvalue weighted by molar-refractivity contribution is 4.73. The zero-order valence-electron chi connectivity index (χ0n) is 8.86. The Hall–Kier alpha value is -0.120. The van der Waals surface area contributed by atoms with Gasteiger partial charge in [0.25, 0.3) is 0 Å². The molecular formula is C10H21NO2. The Morgan fingerprint density at radius 3 is 2.38 bits per heavy atom. The molecule has 1 fully saturated rings. The van der Waals surface area contributed by atoms with E-state index in [2.05, 4.69) is 18.7 Å². The van der Waals surface area contributed by atoms with Crippen molar-refractivity contribution in [2.45, 2.75) is 45.5 Å². The molecule has 1 unspecified atom stereocenters. The van der Waals surface area contributed by atoms with Crippen LogP contribution in [0.15, 0.2) is 0 Å². The molecule has 1 N–H and O–H groups in total. The molecule has 0 saturated carbocycles. The van der Waals surface area contributed by atoms with Gasteiger partial charge in [0.05, 0.1) is 18.3 Å². The lowest BCUT2D eigenvalue weighted by Crippen LogP contribution is -2.46. The number of hydrogen-bond acceptors (Lipinski definition) is 3. The summed E-state index contributed by atoms with van der Waals surface area (Å²) in [5.74, 6) is 0. The SMILES string of the molecule is CC(O)CCN1C[C@@H](C)O[C@@H](C)C1. The molecule has 0 aromatic rings. The zero-order chi connectivity index (χ0) is 9.84. The van der Waals surface area contributed by atoms with E-state index in [4.69, 9.17) is 9.84 Å². The second-order valence-electron chi connectivity index (χ2n) is 4.15. The largest absolute Gasteiger partial charge is 0.393 e. The summed E-state index contributed by atoms with van der Waals surface area (Å²) >= 11 is 0. The molecule has 78 valence electrons. The molecule has 0 aromatic heterocycles. The molecular weight excluding hydrogens is 166 g/mol. The van der Waals surface area contributed by atoms with Crippen LogP contribution in [0.25, 0.3) is 0 Å². The topological polar surface area (TPSA) is 32.7 Å². The first kappa shape index (κ1) is 11.0. The van der Waals surface area contributed by atoms with E-state index in [0.717, 1.165) is 26.1 Å². The van der Waals surface area contributed by atoms with Gasteiger partial charge in [-0.15, -0.1) is 0 Å². The van der Waals surface area contributed by atoms with Crippen molar-refractivity contribution < 1.29 is 9.84 Å². The minimum atomic E-state index is -0.187. The molecule has 3 nitrogen and oxygen atoms in total. The van der Waals surface area contributed by atoms with Gasteiger partial charge in [0, 0.05) is 19.6 Å². The van der Waals surface area contributed by atoms with Gasteiger partial charge in [0.1, 0.15) is 0 Å². The average molecular weight is 187 g/mol. The smallest absolute Gasteiger partial charge is 0.0678 e. The van der Waals surface area contributed by atoms with E-state index >= 15 is 0 Å². The fraction of sp³-hybridized carbons (Fsp3) is 1.00. The van der Waals surface area contributed by atoms with Crippen molar-refractivity contribution in [3.05, 3.63) is 0 Å². The van der Waals surface area contributed by atoms with Gasteiger partial charge in [-0.05, 0) is 27.2 Å². The van der Waals surface area contributed by atoms with Crippen LogP contribution in [0.5, 0.6) is 0 Å². The predicted molar refractivity (Wildman–Crippen MR) is 52.7 cm³/mol. The lowest BCUT2D eigenvalue weighted by molar-refractivity contribution is -0.0699. The van der Waals surface area contributed by atoms with Crippen molar-refractivity contribution in [2.24, 2.45) is 0 Å². The number of ether oxygens (including phenoxy) is 1. The van der Waals surface area contributed by atoms with Crippen LogP contribution in [0.2, 0.25) is 0 Å². The van der Waals surface area contributed by atoms with Crippen LogP contribution < -0.4 is 0 Å². The number of morpholine rings is 1. The van der Waals surface area contributed by atoms with Crippen LogP contribution >= 0.6 is 0 Å². The molecule has 1 heterocycles. The fourth-order valence-corrected chi connectivity index (χ4v) is 1.84. The van der Waals surface area contributed by atoms with Crippen LogP contribution in [0.1, 0.15) is 27.2 Å².